The number of amides is 2. The van der Waals surface area contributed by atoms with Crippen LogP contribution in [0.2, 0.25) is 0 Å². The van der Waals surface area contributed by atoms with E-state index in [1.165, 1.54) is 4.90 Å². The number of primary amides is 1. The number of carbonyl (C=O) groups excluding carboxylic acids is 2. The maximum Gasteiger partial charge on any atom is 0.303 e. The Labute approximate surface area is 175 Å². The summed E-state index contributed by atoms with van der Waals surface area (Å²) in [5.74, 6) is -1.67. The molecule has 1 aromatic rings. The molecule has 2 aliphatic heterocycles. The van der Waals surface area contributed by atoms with E-state index in [0.717, 1.165) is 37.2 Å². The molecule has 1 atom stereocenters. The Hall–Kier alpha value is -2.65. The summed E-state index contributed by atoms with van der Waals surface area (Å²) in [5.41, 5.74) is 7.77. The zero-order chi connectivity index (χ0) is 21.8. The van der Waals surface area contributed by atoms with Gasteiger partial charge >= 0.3 is 5.97 Å². The molecule has 3 N–H and O–H groups in total. The molecule has 30 heavy (non-hydrogen) atoms. The summed E-state index contributed by atoms with van der Waals surface area (Å²) < 4.78 is 10.8. The second kappa shape index (κ2) is 9.44. The molecule has 9 nitrogen and oxygen atoms in total. The quantitative estimate of drug-likeness (QED) is 0.577. The molecular formula is C21H29N3O6. The van der Waals surface area contributed by atoms with Gasteiger partial charge in [0.25, 0.3) is 5.91 Å². The van der Waals surface area contributed by atoms with E-state index >= 15 is 0 Å². The molecule has 1 fully saturated rings. The molecule has 0 aliphatic carbocycles. The number of carboxylic acid groups (broad SMARTS) is 1. The Kier molecular flexibility index (Phi) is 6.94. The molecule has 2 heterocycles. The number of anilines is 1. The van der Waals surface area contributed by atoms with Crippen LogP contribution in [-0.2, 0) is 25.6 Å². The van der Waals surface area contributed by atoms with Crippen LogP contribution < -0.4 is 10.6 Å². The summed E-state index contributed by atoms with van der Waals surface area (Å²) in [6.07, 6.45) is 1.41. The fraction of sp³-hybridized carbons (Fsp3) is 0.571. The van der Waals surface area contributed by atoms with E-state index in [4.69, 9.17) is 20.3 Å². The summed E-state index contributed by atoms with van der Waals surface area (Å²) in [6.45, 7) is 1.91. The van der Waals surface area contributed by atoms with Crippen molar-refractivity contribution in [3.8, 4) is 0 Å². The number of ether oxygens (including phenoxy) is 2. The Balaban J connectivity index is 1.70. The fourth-order valence-corrected chi connectivity index (χ4v) is 4.38. The molecule has 3 rings (SSSR count). The van der Waals surface area contributed by atoms with Crippen molar-refractivity contribution in [2.45, 2.75) is 44.6 Å². The van der Waals surface area contributed by atoms with Crippen molar-refractivity contribution in [1.82, 2.24) is 4.90 Å². The van der Waals surface area contributed by atoms with Crippen molar-refractivity contribution in [2.75, 3.05) is 32.2 Å². The topological polar surface area (TPSA) is 122 Å². The predicted octanol–water partition coefficient (Wildman–Crippen LogP) is 1.20. The normalized spacial score (nSPS) is 18.0. The number of aliphatic carboxylic acids is 1. The van der Waals surface area contributed by atoms with Crippen LogP contribution in [-0.4, -0.2) is 67.4 Å². The number of hydrogen-bond acceptors (Lipinski definition) is 6. The number of rotatable bonds is 9. The number of nitrogens with zero attached hydrogens (tertiary/aromatic N) is 2. The molecule has 9 heteroatoms. The van der Waals surface area contributed by atoms with Crippen molar-refractivity contribution < 1.29 is 29.0 Å². The SMILES string of the molecule is COC(OC)C1CCN(c2ccc3c(c2)C(=O)N([C@@H](CCC(=O)O)C(N)=O)C3)CC1. The Morgan fingerprint density at radius 1 is 1.23 bits per heavy atom. The van der Waals surface area contributed by atoms with Gasteiger partial charge in [0, 0.05) is 57.4 Å². The molecule has 1 aromatic carbocycles. The molecule has 0 bridgehead atoms. The Morgan fingerprint density at radius 3 is 2.47 bits per heavy atom. The highest BCUT2D eigenvalue weighted by Crippen LogP contribution is 2.32. The number of fused-ring (bicyclic) bond motifs is 1. The maximum atomic E-state index is 13.0. The smallest absolute Gasteiger partial charge is 0.303 e. The first-order chi connectivity index (χ1) is 14.3. The summed E-state index contributed by atoms with van der Waals surface area (Å²) >= 11 is 0. The van der Waals surface area contributed by atoms with Crippen molar-refractivity contribution >= 4 is 23.5 Å². The van der Waals surface area contributed by atoms with Crippen molar-refractivity contribution in [3.05, 3.63) is 29.3 Å². The van der Waals surface area contributed by atoms with Gasteiger partial charge in [0.2, 0.25) is 5.91 Å². The monoisotopic (exact) mass is 419 g/mol. The van der Waals surface area contributed by atoms with Gasteiger partial charge in [-0.1, -0.05) is 6.07 Å². The highest BCUT2D eigenvalue weighted by molar-refractivity contribution is 6.01. The van der Waals surface area contributed by atoms with E-state index in [9.17, 15) is 14.4 Å². The lowest BCUT2D eigenvalue weighted by atomic mass is 9.95. The zero-order valence-electron chi connectivity index (χ0n) is 17.4. The third kappa shape index (κ3) is 4.57. The van der Waals surface area contributed by atoms with Gasteiger partial charge in [0.1, 0.15) is 6.04 Å². The van der Waals surface area contributed by atoms with Crippen LogP contribution in [0.1, 0.15) is 41.6 Å². The lowest BCUT2D eigenvalue weighted by Gasteiger charge is -2.36. The fourth-order valence-electron chi connectivity index (χ4n) is 4.38. The molecule has 164 valence electrons. The summed E-state index contributed by atoms with van der Waals surface area (Å²) in [4.78, 5) is 39.3. The number of carbonyl (C=O) groups is 3. The minimum atomic E-state index is -1.03. The minimum Gasteiger partial charge on any atom is -0.481 e. The molecule has 0 aromatic heterocycles. The standard InChI is InChI=1S/C21H29N3O6/c1-29-21(30-2)13-7-9-23(10-8-13)15-4-3-14-12-24(20(28)16(14)11-15)17(19(22)27)5-6-18(25)26/h3-4,11,13,17,21H,5-10,12H2,1-2H3,(H2,22,27)(H,25,26)/t17-/m0/s1. The van der Waals surface area contributed by atoms with Crippen molar-refractivity contribution in [3.63, 3.8) is 0 Å². The van der Waals surface area contributed by atoms with E-state index in [1.807, 2.05) is 18.2 Å². The van der Waals surface area contributed by atoms with Crippen molar-refractivity contribution in [2.24, 2.45) is 11.7 Å². The van der Waals surface area contributed by atoms with Gasteiger partial charge in [-0.05, 0) is 37.0 Å². The van der Waals surface area contributed by atoms with Crippen LogP contribution in [0, 0.1) is 5.92 Å². The Bertz CT molecular complexity index is 802. The van der Waals surface area contributed by atoms with E-state index in [0.29, 0.717) is 11.5 Å². The highest BCUT2D eigenvalue weighted by atomic mass is 16.7. The molecule has 0 saturated carbocycles. The van der Waals surface area contributed by atoms with E-state index in [1.54, 1.807) is 14.2 Å². The second-order valence-corrected chi connectivity index (χ2v) is 7.79. The number of hydrogen-bond donors (Lipinski definition) is 2. The molecule has 0 radical (unpaired) electrons. The first-order valence-electron chi connectivity index (χ1n) is 10.1. The van der Waals surface area contributed by atoms with Gasteiger partial charge in [0.05, 0.1) is 0 Å². The molecular weight excluding hydrogens is 390 g/mol. The van der Waals surface area contributed by atoms with Crippen LogP contribution in [0.25, 0.3) is 0 Å². The number of piperidine rings is 1. The second-order valence-electron chi connectivity index (χ2n) is 7.79. The minimum absolute atomic E-state index is 0.00489. The Morgan fingerprint density at radius 2 is 1.90 bits per heavy atom. The number of methoxy groups -OCH3 is 2. The third-order valence-electron chi connectivity index (χ3n) is 6.02. The molecule has 1 saturated heterocycles. The molecule has 0 spiro atoms. The van der Waals surface area contributed by atoms with Gasteiger partial charge in [0.15, 0.2) is 6.29 Å². The maximum absolute atomic E-state index is 13.0. The van der Waals surface area contributed by atoms with E-state index in [-0.39, 0.29) is 31.6 Å². The predicted molar refractivity (Wildman–Crippen MR) is 109 cm³/mol. The van der Waals surface area contributed by atoms with Crippen LogP contribution >= 0.6 is 0 Å². The summed E-state index contributed by atoms with van der Waals surface area (Å²) in [6, 6.07) is 4.81. The molecule has 0 unspecified atom stereocenters. The number of nitrogens with two attached hydrogens (primary N) is 1. The van der Waals surface area contributed by atoms with Crippen LogP contribution in [0.4, 0.5) is 5.69 Å². The van der Waals surface area contributed by atoms with Crippen molar-refractivity contribution in [1.29, 1.82) is 0 Å². The number of carboxylic acids is 1. The van der Waals surface area contributed by atoms with Crippen LogP contribution in [0.5, 0.6) is 0 Å². The van der Waals surface area contributed by atoms with Gasteiger partial charge in [-0.15, -0.1) is 0 Å². The van der Waals surface area contributed by atoms with Crippen LogP contribution in [0.15, 0.2) is 18.2 Å². The van der Waals surface area contributed by atoms with Gasteiger partial charge < -0.3 is 30.1 Å². The zero-order valence-corrected chi connectivity index (χ0v) is 17.4. The number of benzene rings is 1. The lowest BCUT2D eigenvalue weighted by molar-refractivity contribution is -0.141. The summed E-state index contributed by atoms with van der Waals surface area (Å²) in [5, 5.41) is 8.91. The first-order valence-corrected chi connectivity index (χ1v) is 10.1. The average molecular weight is 419 g/mol. The molecule has 2 amide bonds. The summed E-state index contributed by atoms with van der Waals surface area (Å²) in [7, 11) is 3.29. The largest absolute Gasteiger partial charge is 0.481 e. The molecule has 2 aliphatic rings. The highest BCUT2D eigenvalue weighted by Gasteiger charge is 2.36. The van der Waals surface area contributed by atoms with Gasteiger partial charge in [-0.2, -0.15) is 0 Å². The van der Waals surface area contributed by atoms with Gasteiger partial charge in [-0.25, -0.2) is 0 Å². The van der Waals surface area contributed by atoms with E-state index in [2.05, 4.69) is 4.90 Å². The van der Waals surface area contributed by atoms with Gasteiger partial charge in [-0.3, -0.25) is 14.4 Å². The average Bonchev–Trinajstić information content (AvgIpc) is 3.05. The van der Waals surface area contributed by atoms with Crippen LogP contribution in [0.3, 0.4) is 0 Å². The third-order valence-corrected chi connectivity index (χ3v) is 6.02. The van der Waals surface area contributed by atoms with E-state index < -0.39 is 17.9 Å². The first kappa shape index (κ1) is 22.0. The lowest BCUT2D eigenvalue weighted by Crippen LogP contribution is -2.45.